The van der Waals surface area contributed by atoms with Gasteiger partial charge in [0.15, 0.2) is 0 Å². The second kappa shape index (κ2) is 15.1. The van der Waals surface area contributed by atoms with Crippen LogP contribution in [-0.2, 0) is 13.6 Å². The lowest BCUT2D eigenvalue weighted by molar-refractivity contribution is 0.102. The van der Waals surface area contributed by atoms with Crippen molar-refractivity contribution < 1.29 is 22.8 Å². The van der Waals surface area contributed by atoms with Gasteiger partial charge in [-0.3, -0.25) is 9.36 Å². The molecule has 0 radical (unpaired) electrons. The van der Waals surface area contributed by atoms with Gasteiger partial charge < -0.3 is 23.7 Å². The van der Waals surface area contributed by atoms with Gasteiger partial charge in [0.1, 0.15) is 24.4 Å². The van der Waals surface area contributed by atoms with E-state index < -0.39 is 7.60 Å². The number of carbonyl (C=O) groups is 1. The Kier molecular flexibility index (Phi) is 11.0. The van der Waals surface area contributed by atoms with Gasteiger partial charge in [-0.05, 0) is 95.6 Å². The number of nitrogens with zero attached hydrogens (tertiary/aromatic N) is 2. The van der Waals surface area contributed by atoms with E-state index in [1.165, 1.54) is 0 Å². The summed E-state index contributed by atoms with van der Waals surface area (Å²) in [5.41, 5.74) is 5.61. The molecule has 9 heteroatoms. The van der Waals surface area contributed by atoms with Crippen LogP contribution in [0.1, 0.15) is 51.9 Å². The van der Waals surface area contributed by atoms with E-state index in [2.05, 4.69) is 78.9 Å². The second-order valence-corrected chi connectivity index (χ2v) is 13.1. The van der Waals surface area contributed by atoms with Crippen molar-refractivity contribution in [3.05, 3.63) is 95.8 Å². The van der Waals surface area contributed by atoms with E-state index in [1.54, 1.807) is 38.1 Å². The van der Waals surface area contributed by atoms with Gasteiger partial charge in [-0.1, -0.05) is 18.2 Å². The summed E-state index contributed by atoms with van der Waals surface area (Å²) in [6, 6.07) is 27.1. The van der Waals surface area contributed by atoms with Gasteiger partial charge in [0.25, 0.3) is 5.91 Å². The van der Waals surface area contributed by atoms with Gasteiger partial charge in [0.2, 0.25) is 5.36 Å². The number of fused-ring (bicyclic) bond motifs is 2. The summed E-state index contributed by atoms with van der Waals surface area (Å²) in [5.74, 6) is 0.500. The van der Waals surface area contributed by atoms with E-state index in [-0.39, 0.29) is 19.1 Å². The predicted molar refractivity (Wildman–Crippen MR) is 193 cm³/mol. The third-order valence-corrected chi connectivity index (χ3v) is 10.6. The SMILES string of the molecule is CCOP(=O)(OCC)c1ccc(NC(=O)c2ccccc2-c2c3ccc(=[N+](CC)CC)cc-3oc3cc(N(CC)CC)ccc23)cc1. The maximum Gasteiger partial charge on any atom is 0.361 e. The largest absolute Gasteiger partial charge is 0.456 e. The van der Waals surface area contributed by atoms with E-state index in [0.717, 1.165) is 70.6 Å². The van der Waals surface area contributed by atoms with Gasteiger partial charge in [-0.25, -0.2) is 4.58 Å². The first kappa shape index (κ1) is 34.1. The summed E-state index contributed by atoms with van der Waals surface area (Å²) in [6.45, 7) is 16.2. The van der Waals surface area contributed by atoms with Crippen molar-refractivity contribution in [1.82, 2.24) is 4.58 Å². The molecule has 0 unspecified atom stereocenters. The van der Waals surface area contributed by atoms with Crippen LogP contribution < -0.4 is 25.5 Å². The van der Waals surface area contributed by atoms with Crippen LogP contribution in [0, 0.1) is 0 Å². The standard InChI is InChI=1S/C38H44N3O5P/c1-7-40(8-2)28-19-23-33-35(25-28)46-36-26-29(41(9-3)10-4)20-24-34(36)37(33)31-15-13-14-16-32(31)38(42)39-27-17-21-30(22-18-27)47(43,44-11-5)45-12-6/h13-26H,7-12H2,1-6H3/p+1. The molecule has 47 heavy (non-hydrogen) atoms. The molecule has 1 amide bonds. The topological polar surface area (TPSA) is 84.0 Å². The molecular formula is C38H45N3O5P+. The van der Waals surface area contributed by atoms with Crippen molar-refractivity contribution in [1.29, 1.82) is 0 Å². The van der Waals surface area contributed by atoms with Gasteiger partial charge in [-0.2, -0.15) is 0 Å². The fourth-order valence-corrected chi connectivity index (χ4v) is 7.65. The number of rotatable bonds is 13. The first-order valence-corrected chi connectivity index (χ1v) is 18.1. The van der Waals surface area contributed by atoms with Crippen molar-refractivity contribution in [3.8, 4) is 22.5 Å². The Morgan fingerprint density at radius 2 is 1.49 bits per heavy atom. The highest BCUT2D eigenvalue weighted by Gasteiger charge is 2.27. The molecule has 2 aliphatic rings. The fraction of sp³-hybridized carbons (Fsp3) is 0.316. The zero-order valence-electron chi connectivity index (χ0n) is 28.2. The quantitative estimate of drug-likeness (QED) is 0.0787. The molecule has 0 aromatic heterocycles. The van der Waals surface area contributed by atoms with Gasteiger partial charge in [0.05, 0.1) is 24.6 Å². The molecule has 0 bridgehead atoms. The highest BCUT2D eigenvalue weighted by atomic mass is 31.2. The average Bonchev–Trinajstić information content (AvgIpc) is 3.08. The fourth-order valence-electron chi connectivity index (χ4n) is 6.08. The van der Waals surface area contributed by atoms with Crippen LogP contribution in [0.25, 0.3) is 33.4 Å². The number of hydrogen-bond donors (Lipinski definition) is 1. The first-order valence-electron chi connectivity index (χ1n) is 16.5. The molecule has 0 atom stereocenters. The van der Waals surface area contributed by atoms with Crippen molar-refractivity contribution in [3.63, 3.8) is 0 Å². The lowest BCUT2D eigenvalue weighted by atomic mass is 9.90. The molecule has 1 aliphatic heterocycles. The molecule has 1 N–H and O–H groups in total. The highest BCUT2D eigenvalue weighted by molar-refractivity contribution is 7.62. The minimum absolute atomic E-state index is 0.257. The molecule has 0 fully saturated rings. The van der Waals surface area contributed by atoms with Crippen molar-refractivity contribution in [2.75, 3.05) is 49.6 Å². The zero-order chi connectivity index (χ0) is 33.6. The number of anilines is 2. The van der Waals surface area contributed by atoms with Crippen LogP contribution in [0.15, 0.2) is 89.3 Å². The van der Waals surface area contributed by atoms with E-state index >= 15 is 0 Å². The molecular weight excluding hydrogens is 609 g/mol. The van der Waals surface area contributed by atoms with E-state index in [4.69, 9.17) is 13.5 Å². The number of carbonyl (C=O) groups excluding carboxylic acids is 1. The Balaban J connectivity index is 1.63. The van der Waals surface area contributed by atoms with Gasteiger partial charge in [-0.15, -0.1) is 0 Å². The molecule has 0 saturated heterocycles. The summed E-state index contributed by atoms with van der Waals surface area (Å²) >= 11 is 0. The Bertz CT molecular complexity index is 1930. The van der Waals surface area contributed by atoms with Crippen LogP contribution in [0.2, 0.25) is 0 Å². The van der Waals surface area contributed by atoms with E-state index in [1.807, 2.05) is 24.3 Å². The average molecular weight is 655 g/mol. The minimum Gasteiger partial charge on any atom is -0.456 e. The van der Waals surface area contributed by atoms with Crippen molar-refractivity contribution in [2.24, 2.45) is 0 Å². The molecule has 246 valence electrons. The number of hydrogen-bond acceptors (Lipinski definition) is 6. The molecule has 5 rings (SSSR count). The third kappa shape index (κ3) is 7.05. The maximum atomic E-state index is 14.0. The predicted octanol–water partition coefficient (Wildman–Crippen LogP) is 8.01. The molecule has 3 aromatic carbocycles. The Morgan fingerprint density at radius 1 is 0.809 bits per heavy atom. The number of amides is 1. The molecule has 3 aromatic rings. The van der Waals surface area contributed by atoms with Gasteiger partial charge >= 0.3 is 7.60 Å². The summed E-state index contributed by atoms with van der Waals surface area (Å²) in [6.07, 6.45) is 0. The zero-order valence-corrected chi connectivity index (χ0v) is 29.1. The van der Waals surface area contributed by atoms with E-state index in [0.29, 0.717) is 16.6 Å². The van der Waals surface area contributed by atoms with Crippen LogP contribution in [0.3, 0.4) is 0 Å². The normalized spacial score (nSPS) is 11.6. The molecule has 1 heterocycles. The smallest absolute Gasteiger partial charge is 0.361 e. The molecule has 8 nitrogen and oxygen atoms in total. The Labute approximate surface area is 277 Å². The lowest BCUT2D eigenvalue weighted by Crippen LogP contribution is -2.29. The molecule has 1 aliphatic carbocycles. The minimum atomic E-state index is -3.43. The van der Waals surface area contributed by atoms with Crippen LogP contribution in [0.5, 0.6) is 0 Å². The summed E-state index contributed by atoms with van der Waals surface area (Å²) in [7, 11) is -3.43. The molecule has 0 spiro atoms. The maximum absolute atomic E-state index is 14.0. The summed E-state index contributed by atoms with van der Waals surface area (Å²) in [5, 5.41) is 5.50. The van der Waals surface area contributed by atoms with E-state index in [9.17, 15) is 9.36 Å². The number of benzene rings is 4. The van der Waals surface area contributed by atoms with Gasteiger partial charge in [0, 0.05) is 58.7 Å². The van der Waals surface area contributed by atoms with Crippen molar-refractivity contribution in [2.45, 2.75) is 41.5 Å². The Hall–Kier alpha value is -4.23. The lowest BCUT2D eigenvalue weighted by Gasteiger charge is -2.22. The number of nitrogens with one attached hydrogen (secondary N) is 1. The van der Waals surface area contributed by atoms with Crippen LogP contribution >= 0.6 is 7.60 Å². The first-order chi connectivity index (χ1) is 22.8. The summed E-state index contributed by atoms with van der Waals surface area (Å²) in [4.78, 5) is 16.2. The third-order valence-electron chi connectivity index (χ3n) is 8.43. The second-order valence-electron chi connectivity index (χ2n) is 11.1. The molecule has 0 saturated carbocycles. The Morgan fingerprint density at radius 3 is 2.13 bits per heavy atom. The van der Waals surface area contributed by atoms with Crippen molar-refractivity contribution >= 4 is 41.2 Å². The van der Waals surface area contributed by atoms with Crippen LogP contribution in [-0.4, -0.2) is 45.3 Å². The summed E-state index contributed by atoms with van der Waals surface area (Å²) < 4.78 is 33.1. The van der Waals surface area contributed by atoms with Crippen LogP contribution in [0.4, 0.5) is 11.4 Å². The highest BCUT2D eigenvalue weighted by Crippen LogP contribution is 2.47. The monoisotopic (exact) mass is 654 g/mol.